The van der Waals surface area contributed by atoms with Crippen LogP contribution in [0, 0.1) is 0 Å². The highest BCUT2D eigenvalue weighted by Gasteiger charge is 2.48. The van der Waals surface area contributed by atoms with Crippen molar-refractivity contribution in [2.45, 2.75) is 51.0 Å². The first-order valence-corrected chi connectivity index (χ1v) is 10.3. The van der Waals surface area contributed by atoms with Crippen LogP contribution in [0.15, 0.2) is 18.2 Å². The van der Waals surface area contributed by atoms with Crippen LogP contribution in [0.1, 0.15) is 44.6 Å². The van der Waals surface area contributed by atoms with Crippen molar-refractivity contribution in [1.29, 1.82) is 0 Å². The van der Waals surface area contributed by atoms with E-state index < -0.39 is 11.6 Å². The quantitative estimate of drug-likeness (QED) is 0.781. The number of benzene rings is 1. The monoisotopic (exact) mass is 401 g/mol. The average molecular weight is 401 g/mol. The number of nitrogens with one attached hydrogen (secondary N) is 1. The van der Waals surface area contributed by atoms with Gasteiger partial charge in [-0.25, -0.2) is 4.79 Å². The summed E-state index contributed by atoms with van der Waals surface area (Å²) in [5.74, 6) is 0.761. The molecule has 3 aliphatic heterocycles. The van der Waals surface area contributed by atoms with Gasteiger partial charge >= 0.3 is 6.03 Å². The zero-order chi connectivity index (χ0) is 20.4. The SMILES string of the molecule is C[C@@]1(Cc2ccc3c(c2)OCO3)NC(=O)N(CC(=O)N2CCCCCCC2)C1=O. The molecule has 0 aliphatic carbocycles. The summed E-state index contributed by atoms with van der Waals surface area (Å²) >= 11 is 0. The fourth-order valence-electron chi connectivity index (χ4n) is 4.20. The van der Waals surface area contributed by atoms with Crippen LogP contribution in [-0.2, 0) is 16.0 Å². The summed E-state index contributed by atoms with van der Waals surface area (Å²) in [5, 5.41) is 2.77. The Balaban J connectivity index is 1.42. The molecule has 1 aromatic rings. The first-order valence-electron chi connectivity index (χ1n) is 10.3. The van der Waals surface area contributed by atoms with E-state index in [1.807, 2.05) is 12.1 Å². The molecule has 0 bridgehead atoms. The maximum Gasteiger partial charge on any atom is 0.325 e. The van der Waals surface area contributed by atoms with Crippen molar-refractivity contribution in [3.63, 3.8) is 0 Å². The van der Waals surface area contributed by atoms with E-state index in [2.05, 4.69) is 5.32 Å². The number of carbonyl (C=O) groups is 3. The number of ether oxygens (including phenoxy) is 2. The standard InChI is InChI=1S/C21H27N3O5/c1-21(12-15-7-8-16-17(11-15)29-14-28-16)19(26)24(20(27)22-21)13-18(25)23-9-5-3-2-4-6-10-23/h7-8,11H,2-6,9-10,12-14H2,1H3,(H,22,27)/t21-/m0/s1. The largest absolute Gasteiger partial charge is 0.454 e. The van der Waals surface area contributed by atoms with Crippen molar-refractivity contribution in [2.75, 3.05) is 26.4 Å². The number of imide groups is 1. The summed E-state index contributed by atoms with van der Waals surface area (Å²) in [6.07, 6.45) is 5.67. The molecule has 2 fully saturated rings. The maximum atomic E-state index is 13.0. The molecule has 1 N–H and O–H groups in total. The summed E-state index contributed by atoms with van der Waals surface area (Å²) in [4.78, 5) is 41.1. The third-order valence-corrected chi connectivity index (χ3v) is 5.84. The lowest BCUT2D eigenvalue weighted by molar-refractivity contribution is -0.139. The zero-order valence-corrected chi connectivity index (χ0v) is 16.7. The van der Waals surface area contributed by atoms with Crippen LogP contribution in [0.2, 0.25) is 0 Å². The Kier molecular flexibility index (Phi) is 5.34. The molecule has 3 aliphatic rings. The van der Waals surface area contributed by atoms with E-state index >= 15 is 0 Å². The highest BCUT2D eigenvalue weighted by molar-refractivity contribution is 6.08. The Morgan fingerprint density at radius 2 is 1.76 bits per heavy atom. The minimum atomic E-state index is -1.10. The number of urea groups is 1. The van der Waals surface area contributed by atoms with Crippen molar-refractivity contribution >= 4 is 17.8 Å². The molecule has 29 heavy (non-hydrogen) atoms. The topological polar surface area (TPSA) is 88.2 Å². The van der Waals surface area contributed by atoms with Gasteiger partial charge in [0.05, 0.1) is 0 Å². The van der Waals surface area contributed by atoms with Gasteiger partial charge in [-0.3, -0.25) is 14.5 Å². The Morgan fingerprint density at radius 3 is 2.52 bits per heavy atom. The lowest BCUT2D eigenvalue weighted by atomic mass is 9.92. The van der Waals surface area contributed by atoms with Crippen LogP contribution in [0.25, 0.3) is 0 Å². The normalized spacial score (nSPS) is 24.3. The van der Waals surface area contributed by atoms with Gasteiger partial charge in [0.15, 0.2) is 11.5 Å². The molecule has 0 spiro atoms. The second-order valence-corrected chi connectivity index (χ2v) is 8.17. The summed E-state index contributed by atoms with van der Waals surface area (Å²) in [6, 6.07) is 4.96. The van der Waals surface area contributed by atoms with Crippen molar-refractivity contribution in [3.8, 4) is 11.5 Å². The number of nitrogens with zero attached hydrogens (tertiary/aromatic N) is 2. The molecule has 1 aromatic carbocycles. The predicted octanol–water partition coefficient (Wildman–Crippen LogP) is 2.06. The molecule has 0 saturated carbocycles. The van der Waals surface area contributed by atoms with Crippen LogP contribution >= 0.6 is 0 Å². The molecule has 0 unspecified atom stereocenters. The van der Waals surface area contributed by atoms with Crippen molar-refractivity contribution in [1.82, 2.24) is 15.1 Å². The van der Waals surface area contributed by atoms with Gasteiger partial charge in [-0.05, 0) is 37.5 Å². The maximum absolute atomic E-state index is 13.0. The van der Waals surface area contributed by atoms with Crippen LogP contribution in [0.3, 0.4) is 0 Å². The van der Waals surface area contributed by atoms with E-state index in [4.69, 9.17) is 9.47 Å². The Bertz CT molecular complexity index is 819. The lowest BCUT2D eigenvalue weighted by Crippen LogP contribution is -2.47. The van der Waals surface area contributed by atoms with Crippen LogP contribution in [0.5, 0.6) is 11.5 Å². The van der Waals surface area contributed by atoms with Gasteiger partial charge in [-0.1, -0.05) is 25.3 Å². The summed E-state index contributed by atoms with van der Waals surface area (Å²) in [7, 11) is 0. The molecule has 3 heterocycles. The van der Waals surface area contributed by atoms with Gasteiger partial charge in [-0.15, -0.1) is 0 Å². The predicted molar refractivity (Wildman–Crippen MR) is 105 cm³/mol. The van der Waals surface area contributed by atoms with E-state index in [1.165, 1.54) is 6.42 Å². The smallest absolute Gasteiger partial charge is 0.325 e. The number of carbonyl (C=O) groups excluding carboxylic acids is 3. The van der Waals surface area contributed by atoms with E-state index in [1.54, 1.807) is 17.9 Å². The Hall–Kier alpha value is -2.77. The van der Waals surface area contributed by atoms with Gasteiger partial charge in [0.25, 0.3) is 5.91 Å². The van der Waals surface area contributed by atoms with E-state index in [9.17, 15) is 14.4 Å². The third kappa shape index (κ3) is 4.02. The summed E-state index contributed by atoms with van der Waals surface area (Å²) in [5.41, 5.74) is -0.247. The van der Waals surface area contributed by atoms with Crippen molar-refractivity contribution < 1.29 is 23.9 Å². The molecule has 4 amide bonds. The molecule has 4 rings (SSSR count). The summed E-state index contributed by atoms with van der Waals surface area (Å²) in [6.45, 7) is 3.05. The van der Waals surface area contributed by atoms with Gasteiger partial charge in [0.1, 0.15) is 12.1 Å². The molecular weight excluding hydrogens is 374 g/mol. The van der Waals surface area contributed by atoms with Crippen molar-refractivity contribution in [2.24, 2.45) is 0 Å². The first kappa shape index (κ1) is 19.5. The van der Waals surface area contributed by atoms with E-state index in [0.717, 1.165) is 36.1 Å². The molecule has 0 aromatic heterocycles. The Morgan fingerprint density at radius 1 is 1.07 bits per heavy atom. The molecule has 8 nitrogen and oxygen atoms in total. The number of hydrogen-bond donors (Lipinski definition) is 1. The van der Waals surface area contributed by atoms with Gasteiger partial charge < -0.3 is 19.7 Å². The van der Waals surface area contributed by atoms with Gasteiger partial charge in [-0.2, -0.15) is 0 Å². The number of likely N-dealkylation sites (tertiary alicyclic amines) is 1. The first-order chi connectivity index (χ1) is 14.0. The highest BCUT2D eigenvalue weighted by atomic mass is 16.7. The van der Waals surface area contributed by atoms with E-state index in [-0.39, 0.29) is 25.2 Å². The fraction of sp³-hybridized carbons (Fsp3) is 0.571. The number of amides is 4. The summed E-state index contributed by atoms with van der Waals surface area (Å²) < 4.78 is 10.7. The lowest BCUT2D eigenvalue weighted by Gasteiger charge is -2.26. The van der Waals surface area contributed by atoms with Crippen LogP contribution in [0.4, 0.5) is 4.79 Å². The Labute approximate surface area is 170 Å². The molecule has 0 radical (unpaired) electrons. The highest BCUT2D eigenvalue weighted by Crippen LogP contribution is 2.34. The van der Waals surface area contributed by atoms with Crippen molar-refractivity contribution in [3.05, 3.63) is 23.8 Å². The average Bonchev–Trinajstić information content (AvgIpc) is 3.19. The fourth-order valence-corrected chi connectivity index (χ4v) is 4.20. The minimum absolute atomic E-state index is 0.164. The number of hydrogen-bond acceptors (Lipinski definition) is 5. The third-order valence-electron chi connectivity index (χ3n) is 5.84. The van der Waals surface area contributed by atoms with Crippen LogP contribution in [-0.4, -0.2) is 59.6 Å². The molecule has 156 valence electrons. The molecule has 8 heteroatoms. The molecular formula is C21H27N3O5. The number of fused-ring (bicyclic) bond motifs is 1. The minimum Gasteiger partial charge on any atom is -0.454 e. The van der Waals surface area contributed by atoms with Gasteiger partial charge in [0, 0.05) is 19.5 Å². The van der Waals surface area contributed by atoms with E-state index in [0.29, 0.717) is 31.0 Å². The van der Waals surface area contributed by atoms with Gasteiger partial charge in [0.2, 0.25) is 12.7 Å². The second kappa shape index (κ2) is 7.93. The zero-order valence-electron chi connectivity index (χ0n) is 16.7. The second-order valence-electron chi connectivity index (χ2n) is 8.17. The number of rotatable bonds is 4. The molecule has 2 saturated heterocycles. The molecule has 1 atom stereocenters. The van der Waals surface area contributed by atoms with Crippen LogP contribution < -0.4 is 14.8 Å².